The number of aliphatic hydroxyl groups excluding tert-OH is 1. The van der Waals surface area contributed by atoms with Gasteiger partial charge in [0.05, 0.1) is 17.7 Å². The molecule has 1 fully saturated rings. The third-order valence-electron chi connectivity index (χ3n) is 3.51. The maximum atomic E-state index is 11.9. The Bertz CT molecular complexity index is 501. The summed E-state index contributed by atoms with van der Waals surface area (Å²) in [5.41, 5.74) is 0.560. The van der Waals surface area contributed by atoms with Crippen LogP contribution < -0.4 is 4.74 Å². The van der Waals surface area contributed by atoms with Gasteiger partial charge in [0.1, 0.15) is 5.75 Å². The molecule has 106 valence electrons. The quantitative estimate of drug-likeness (QED) is 0.874. The van der Waals surface area contributed by atoms with E-state index in [0.717, 1.165) is 12.8 Å². The van der Waals surface area contributed by atoms with Crippen LogP contribution in [0.2, 0.25) is 0 Å². The highest BCUT2D eigenvalue weighted by atomic mass is 16.5. The van der Waals surface area contributed by atoms with Crippen molar-refractivity contribution < 1.29 is 14.6 Å². The van der Waals surface area contributed by atoms with E-state index >= 15 is 0 Å². The van der Waals surface area contributed by atoms with Gasteiger partial charge in [-0.05, 0) is 43.0 Å². The van der Waals surface area contributed by atoms with Crippen molar-refractivity contribution in [2.24, 2.45) is 5.92 Å². The molecule has 20 heavy (non-hydrogen) atoms. The number of likely N-dealkylation sites (N-methyl/N-ethyl adjacent to an activating group) is 1. The summed E-state index contributed by atoms with van der Waals surface area (Å²) in [6, 6.07) is 8.68. The molecular weight excluding hydrogens is 256 g/mol. The average Bonchev–Trinajstić information content (AvgIpc) is 2.43. The molecule has 0 radical (unpaired) electrons. The molecule has 5 nitrogen and oxygen atoms in total. The Morgan fingerprint density at radius 3 is 2.65 bits per heavy atom. The van der Waals surface area contributed by atoms with Gasteiger partial charge in [-0.3, -0.25) is 4.79 Å². The normalized spacial score (nSPS) is 20.6. The molecule has 0 spiro atoms. The maximum absolute atomic E-state index is 11.9. The highest BCUT2D eigenvalue weighted by molar-refractivity contribution is 5.77. The molecule has 1 aliphatic carbocycles. The minimum Gasteiger partial charge on any atom is -0.484 e. The van der Waals surface area contributed by atoms with Gasteiger partial charge in [0.15, 0.2) is 6.61 Å². The molecule has 1 N–H and O–H groups in total. The van der Waals surface area contributed by atoms with Gasteiger partial charge in [0.2, 0.25) is 0 Å². The third kappa shape index (κ3) is 3.72. The van der Waals surface area contributed by atoms with E-state index < -0.39 is 0 Å². The molecule has 2 rings (SSSR count). The molecule has 0 aliphatic heterocycles. The number of hydrogen-bond donors (Lipinski definition) is 1. The first kappa shape index (κ1) is 14.4. The van der Waals surface area contributed by atoms with E-state index in [-0.39, 0.29) is 18.6 Å². The van der Waals surface area contributed by atoms with E-state index in [1.165, 1.54) is 0 Å². The van der Waals surface area contributed by atoms with Crippen LogP contribution in [0.3, 0.4) is 0 Å². The SMILES string of the molecule is CN(CC1CC(O)C1)C(=O)COc1ccc(C#N)cc1. The van der Waals surface area contributed by atoms with Crippen LogP contribution in [0.15, 0.2) is 24.3 Å². The predicted octanol–water partition coefficient (Wildman–Crippen LogP) is 1.17. The van der Waals surface area contributed by atoms with Gasteiger partial charge in [0.25, 0.3) is 5.91 Å². The Hall–Kier alpha value is -2.06. The van der Waals surface area contributed by atoms with Crippen molar-refractivity contribution in [2.45, 2.75) is 18.9 Å². The monoisotopic (exact) mass is 274 g/mol. The molecule has 0 saturated heterocycles. The summed E-state index contributed by atoms with van der Waals surface area (Å²) in [6.07, 6.45) is 1.35. The molecule has 0 aromatic heterocycles. The molecule has 1 aromatic carbocycles. The lowest BCUT2D eigenvalue weighted by atomic mass is 9.82. The number of carbonyl (C=O) groups excluding carboxylic acids is 1. The zero-order chi connectivity index (χ0) is 14.5. The highest BCUT2D eigenvalue weighted by Gasteiger charge is 2.29. The molecule has 1 amide bonds. The fourth-order valence-electron chi connectivity index (χ4n) is 2.22. The fourth-order valence-corrected chi connectivity index (χ4v) is 2.22. The van der Waals surface area contributed by atoms with Gasteiger partial charge >= 0.3 is 0 Å². The summed E-state index contributed by atoms with van der Waals surface area (Å²) in [6.45, 7) is 0.643. The Kier molecular flexibility index (Phi) is 4.59. The van der Waals surface area contributed by atoms with Gasteiger partial charge in [-0.25, -0.2) is 0 Å². The van der Waals surface area contributed by atoms with Crippen molar-refractivity contribution in [2.75, 3.05) is 20.2 Å². The fraction of sp³-hybridized carbons (Fsp3) is 0.467. The zero-order valence-electron chi connectivity index (χ0n) is 11.5. The van der Waals surface area contributed by atoms with Crippen molar-refractivity contribution in [3.8, 4) is 11.8 Å². The van der Waals surface area contributed by atoms with Crippen LogP contribution in [0.1, 0.15) is 18.4 Å². The molecule has 0 bridgehead atoms. The van der Waals surface area contributed by atoms with Crippen molar-refractivity contribution in [3.63, 3.8) is 0 Å². The molecule has 0 heterocycles. The van der Waals surface area contributed by atoms with E-state index in [2.05, 4.69) is 0 Å². The predicted molar refractivity (Wildman–Crippen MR) is 73.0 cm³/mol. The summed E-state index contributed by atoms with van der Waals surface area (Å²) < 4.78 is 5.39. The first-order chi connectivity index (χ1) is 9.58. The van der Waals surface area contributed by atoms with Gasteiger partial charge < -0.3 is 14.7 Å². The number of aliphatic hydroxyl groups is 1. The molecular formula is C15H18N2O3. The number of rotatable bonds is 5. The molecule has 0 unspecified atom stereocenters. The number of amides is 1. The van der Waals surface area contributed by atoms with Gasteiger partial charge in [-0.15, -0.1) is 0 Å². The zero-order valence-corrected chi connectivity index (χ0v) is 11.5. The number of carbonyl (C=O) groups is 1. The van der Waals surface area contributed by atoms with E-state index in [1.807, 2.05) is 6.07 Å². The Morgan fingerprint density at radius 1 is 1.45 bits per heavy atom. The first-order valence-electron chi connectivity index (χ1n) is 6.63. The standard InChI is InChI=1S/C15H18N2O3/c1-17(9-12-6-13(18)7-12)15(19)10-20-14-4-2-11(8-16)3-5-14/h2-5,12-13,18H,6-7,9-10H2,1H3. The minimum absolute atomic E-state index is 0.0162. The number of benzene rings is 1. The van der Waals surface area contributed by atoms with Crippen LogP contribution in [-0.4, -0.2) is 42.2 Å². The van der Waals surface area contributed by atoms with Crippen LogP contribution in [0, 0.1) is 17.2 Å². The lowest BCUT2D eigenvalue weighted by Gasteiger charge is -2.34. The maximum Gasteiger partial charge on any atom is 0.260 e. The molecule has 0 atom stereocenters. The van der Waals surface area contributed by atoms with Crippen molar-refractivity contribution in [3.05, 3.63) is 29.8 Å². The van der Waals surface area contributed by atoms with Crippen LogP contribution >= 0.6 is 0 Å². The number of ether oxygens (including phenoxy) is 1. The first-order valence-corrected chi connectivity index (χ1v) is 6.63. The summed E-state index contributed by atoms with van der Waals surface area (Å²) in [4.78, 5) is 13.5. The van der Waals surface area contributed by atoms with E-state index in [4.69, 9.17) is 10.00 Å². The van der Waals surface area contributed by atoms with Crippen LogP contribution in [0.5, 0.6) is 5.75 Å². The van der Waals surface area contributed by atoms with Gasteiger partial charge in [-0.1, -0.05) is 0 Å². The third-order valence-corrected chi connectivity index (χ3v) is 3.51. The van der Waals surface area contributed by atoms with Crippen molar-refractivity contribution in [1.29, 1.82) is 5.26 Å². The van der Waals surface area contributed by atoms with Gasteiger partial charge in [0, 0.05) is 13.6 Å². The second-order valence-electron chi connectivity index (χ2n) is 5.19. The highest BCUT2D eigenvalue weighted by Crippen LogP contribution is 2.27. The lowest BCUT2D eigenvalue weighted by Crippen LogP contribution is -2.41. The topological polar surface area (TPSA) is 73.6 Å². The molecule has 1 aliphatic rings. The summed E-state index contributed by atoms with van der Waals surface area (Å²) in [5, 5.41) is 17.9. The van der Waals surface area contributed by atoms with Crippen LogP contribution in [-0.2, 0) is 4.79 Å². The second-order valence-corrected chi connectivity index (χ2v) is 5.19. The number of nitrogens with zero attached hydrogens (tertiary/aromatic N) is 2. The summed E-state index contributed by atoms with van der Waals surface area (Å²) in [7, 11) is 1.75. The Labute approximate surface area is 118 Å². The van der Waals surface area contributed by atoms with E-state index in [9.17, 15) is 9.90 Å². The number of nitriles is 1. The smallest absolute Gasteiger partial charge is 0.260 e. The average molecular weight is 274 g/mol. The Balaban J connectivity index is 1.74. The van der Waals surface area contributed by atoms with Crippen LogP contribution in [0.25, 0.3) is 0 Å². The van der Waals surface area contributed by atoms with E-state index in [1.54, 1.807) is 36.2 Å². The Morgan fingerprint density at radius 2 is 2.10 bits per heavy atom. The summed E-state index contributed by atoms with van der Waals surface area (Å²) >= 11 is 0. The lowest BCUT2D eigenvalue weighted by molar-refractivity contribution is -0.133. The van der Waals surface area contributed by atoms with Crippen molar-refractivity contribution in [1.82, 2.24) is 4.90 Å². The van der Waals surface area contributed by atoms with Gasteiger partial charge in [-0.2, -0.15) is 5.26 Å². The molecule has 1 saturated carbocycles. The largest absolute Gasteiger partial charge is 0.484 e. The van der Waals surface area contributed by atoms with Crippen LogP contribution in [0.4, 0.5) is 0 Å². The molecule has 1 aromatic rings. The van der Waals surface area contributed by atoms with E-state index in [0.29, 0.717) is 23.8 Å². The molecule has 5 heteroatoms. The summed E-state index contributed by atoms with van der Waals surface area (Å²) in [5.74, 6) is 0.884. The number of hydrogen-bond acceptors (Lipinski definition) is 4. The second kappa shape index (κ2) is 6.40. The van der Waals surface area contributed by atoms with Crippen molar-refractivity contribution >= 4 is 5.91 Å². The minimum atomic E-state index is -0.196.